The van der Waals surface area contributed by atoms with Gasteiger partial charge in [-0.15, -0.1) is 0 Å². The van der Waals surface area contributed by atoms with Crippen LogP contribution < -0.4 is 10.1 Å². The number of para-hydroxylation sites is 1. The normalized spacial score (nSPS) is 11.9. The second kappa shape index (κ2) is 6.53. The molecule has 1 atom stereocenters. The molecule has 116 valence electrons. The largest absolute Gasteiger partial charge is 0.496 e. The van der Waals surface area contributed by atoms with Crippen molar-refractivity contribution in [1.29, 1.82) is 0 Å². The maximum atomic E-state index is 12.5. The minimum absolute atomic E-state index is 0.0887. The maximum absolute atomic E-state index is 12.5. The van der Waals surface area contributed by atoms with Gasteiger partial charge in [-0.05, 0) is 35.9 Å². The summed E-state index contributed by atoms with van der Waals surface area (Å²) in [5.41, 5.74) is 1.62. The maximum Gasteiger partial charge on any atom is 0.251 e. The van der Waals surface area contributed by atoms with Crippen LogP contribution in [0.1, 0.15) is 28.9 Å². The van der Waals surface area contributed by atoms with E-state index in [1.54, 1.807) is 7.11 Å². The monoisotopic (exact) mass is 305 g/mol. The molecule has 0 fully saturated rings. The van der Waals surface area contributed by atoms with Gasteiger partial charge in [-0.3, -0.25) is 4.79 Å². The van der Waals surface area contributed by atoms with Gasteiger partial charge in [-0.1, -0.05) is 48.5 Å². The van der Waals surface area contributed by atoms with E-state index in [1.165, 1.54) is 0 Å². The molecule has 0 unspecified atom stereocenters. The van der Waals surface area contributed by atoms with Gasteiger partial charge in [0.15, 0.2) is 0 Å². The van der Waals surface area contributed by atoms with Crippen molar-refractivity contribution >= 4 is 16.7 Å². The third kappa shape index (κ3) is 3.19. The minimum Gasteiger partial charge on any atom is -0.496 e. The Morgan fingerprint density at radius 3 is 2.43 bits per heavy atom. The molecule has 0 aliphatic rings. The number of amides is 1. The third-order valence-electron chi connectivity index (χ3n) is 3.96. The molecular weight excluding hydrogens is 286 g/mol. The predicted octanol–water partition coefficient (Wildman–Crippen LogP) is 4.34. The molecule has 0 spiro atoms. The quantitative estimate of drug-likeness (QED) is 0.778. The molecule has 3 rings (SSSR count). The zero-order chi connectivity index (χ0) is 16.2. The highest BCUT2D eigenvalue weighted by Crippen LogP contribution is 2.25. The molecule has 0 aromatic heterocycles. The first-order valence-corrected chi connectivity index (χ1v) is 7.61. The molecule has 0 saturated carbocycles. The number of ether oxygens (including phenoxy) is 1. The van der Waals surface area contributed by atoms with Gasteiger partial charge in [0.1, 0.15) is 5.75 Å². The van der Waals surface area contributed by atoms with E-state index in [-0.39, 0.29) is 11.9 Å². The van der Waals surface area contributed by atoms with Crippen LogP contribution in [0.3, 0.4) is 0 Å². The zero-order valence-corrected chi connectivity index (χ0v) is 13.2. The van der Waals surface area contributed by atoms with Crippen LogP contribution >= 0.6 is 0 Å². The van der Waals surface area contributed by atoms with Crippen molar-refractivity contribution in [2.24, 2.45) is 0 Å². The highest BCUT2D eigenvalue weighted by molar-refractivity contribution is 5.98. The summed E-state index contributed by atoms with van der Waals surface area (Å²) in [5, 5.41) is 5.22. The summed E-state index contributed by atoms with van der Waals surface area (Å²) in [7, 11) is 1.64. The highest BCUT2D eigenvalue weighted by Gasteiger charge is 2.14. The first kappa shape index (κ1) is 15.1. The van der Waals surface area contributed by atoms with E-state index in [9.17, 15) is 4.79 Å². The average molecular weight is 305 g/mol. The van der Waals surface area contributed by atoms with Crippen LogP contribution in [0.5, 0.6) is 5.75 Å². The molecule has 23 heavy (non-hydrogen) atoms. The van der Waals surface area contributed by atoms with Crippen molar-refractivity contribution < 1.29 is 9.53 Å². The summed E-state index contributed by atoms with van der Waals surface area (Å²) in [4.78, 5) is 12.5. The zero-order valence-electron chi connectivity index (χ0n) is 13.2. The molecule has 0 heterocycles. The molecule has 3 heteroatoms. The van der Waals surface area contributed by atoms with Crippen molar-refractivity contribution in [3.63, 3.8) is 0 Å². The number of benzene rings is 3. The van der Waals surface area contributed by atoms with Crippen molar-refractivity contribution in [1.82, 2.24) is 5.32 Å². The lowest BCUT2D eigenvalue weighted by atomic mass is 10.0. The standard InChI is InChI=1S/C20H19NO2/c1-14(18-9-5-6-10-19(18)23-2)21-20(22)17-12-11-15-7-3-4-8-16(15)13-17/h3-14H,1-2H3,(H,21,22)/t14-/m1/s1. The van der Waals surface area contributed by atoms with Crippen molar-refractivity contribution in [3.05, 3.63) is 77.9 Å². The van der Waals surface area contributed by atoms with E-state index >= 15 is 0 Å². The molecular formula is C20H19NO2. The van der Waals surface area contributed by atoms with E-state index in [1.807, 2.05) is 73.7 Å². The van der Waals surface area contributed by atoms with Gasteiger partial charge in [0.25, 0.3) is 5.91 Å². The number of hydrogen-bond donors (Lipinski definition) is 1. The number of methoxy groups -OCH3 is 1. The van der Waals surface area contributed by atoms with Gasteiger partial charge >= 0.3 is 0 Å². The topological polar surface area (TPSA) is 38.3 Å². The number of fused-ring (bicyclic) bond motifs is 1. The van der Waals surface area contributed by atoms with Gasteiger partial charge in [0.2, 0.25) is 0 Å². The van der Waals surface area contributed by atoms with Crippen LogP contribution in [-0.4, -0.2) is 13.0 Å². The summed E-state index contributed by atoms with van der Waals surface area (Å²) >= 11 is 0. The van der Waals surface area contributed by atoms with Gasteiger partial charge < -0.3 is 10.1 Å². The van der Waals surface area contributed by atoms with Crippen molar-refractivity contribution in [2.75, 3.05) is 7.11 Å². The molecule has 3 aromatic rings. The van der Waals surface area contributed by atoms with Crippen LogP contribution in [0.4, 0.5) is 0 Å². The first-order valence-electron chi connectivity index (χ1n) is 7.61. The Morgan fingerprint density at radius 1 is 0.957 bits per heavy atom. The Hall–Kier alpha value is -2.81. The highest BCUT2D eigenvalue weighted by atomic mass is 16.5. The fourth-order valence-corrected chi connectivity index (χ4v) is 2.71. The fraction of sp³-hybridized carbons (Fsp3) is 0.150. The summed E-state index contributed by atoms with van der Waals surface area (Å²) in [6.45, 7) is 1.96. The molecule has 3 aromatic carbocycles. The van der Waals surface area contributed by atoms with E-state index in [4.69, 9.17) is 4.74 Å². The smallest absolute Gasteiger partial charge is 0.251 e. The fourth-order valence-electron chi connectivity index (χ4n) is 2.71. The Bertz CT molecular complexity index is 842. The van der Waals surface area contributed by atoms with E-state index < -0.39 is 0 Å². The van der Waals surface area contributed by atoms with Crippen LogP contribution in [0.25, 0.3) is 10.8 Å². The van der Waals surface area contributed by atoms with Gasteiger partial charge in [0, 0.05) is 11.1 Å². The lowest BCUT2D eigenvalue weighted by Crippen LogP contribution is -2.26. The number of carbonyl (C=O) groups excluding carboxylic acids is 1. The van der Waals surface area contributed by atoms with Gasteiger partial charge in [-0.25, -0.2) is 0 Å². The first-order chi connectivity index (χ1) is 11.2. The predicted molar refractivity (Wildman–Crippen MR) is 92.8 cm³/mol. The third-order valence-corrected chi connectivity index (χ3v) is 3.96. The van der Waals surface area contributed by atoms with E-state index in [0.717, 1.165) is 22.1 Å². The molecule has 0 bridgehead atoms. The Kier molecular flexibility index (Phi) is 4.29. The Balaban J connectivity index is 1.82. The van der Waals surface area contributed by atoms with Crippen molar-refractivity contribution in [2.45, 2.75) is 13.0 Å². The molecule has 0 radical (unpaired) electrons. The molecule has 1 N–H and O–H groups in total. The average Bonchev–Trinajstić information content (AvgIpc) is 2.61. The van der Waals surface area contributed by atoms with E-state index in [2.05, 4.69) is 5.32 Å². The summed E-state index contributed by atoms with van der Waals surface area (Å²) < 4.78 is 5.36. The van der Waals surface area contributed by atoms with Crippen molar-refractivity contribution in [3.8, 4) is 5.75 Å². The Morgan fingerprint density at radius 2 is 1.65 bits per heavy atom. The number of rotatable bonds is 4. The second-order valence-electron chi connectivity index (χ2n) is 5.50. The molecule has 3 nitrogen and oxygen atoms in total. The lowest BCUT2D eigenvalue weighted by molar-refractivity contribution is 0.0939. The summed E-state index contributed by atoms with van der Waals surface area (Å²) in [5.74, 6) is 0.688. The number of carbonyl (C=O) groups is 1. The molecule has 0 aliphatic heterocycles. The molecule has 0 aliphatic carbocycles. The minimum atomic E-state index is -0.134. The van der Waals surface area contributed by atoms with Crippen LogP contribution in [0, 0.1) is 0 Å². The van der Waals surface area contributed by atoms with Crippen LogP contribution in [-0.2, 0) is 0 Å². The molecule has 1 amide bonds. The second-order valence-corrected chi connectivity index (χ2v) is 5.50. The lowest BCUT2D eigenvalue weighted by Gasteiger charge is -2.17. The Labute approximate surface area is 135 Å². The number of hydrogen-bond acceptors (Lipinski definition) is 2. The SMILES string of the molecule is COc1ccccc1[C@@H](C)NC(=O)c1ccc2ccccc2c1. The van der Waals surface area contributed by atoms with Crippen LogP contribution in [0.15, 0.2) is 66.7 Å². The van der Waals surface area contributed by atoms with Gasteiger partial charge in [-0.2, -0.15) is 0 Å². The molecule has 0 saturated heterocycles. The van der Waals surface area contributed by atoms with E-state index in [0.29, 0.717) is 5.56 Å². The van der Waals surface area contributed by atoms with Gasteiger partial charge in [0.05, 0.1) is 13.2 Å². The summed E-state index contributed by atoms with van der Waals surface area (Å²) in [6.07, 6.45) is 0. The number of nitrogens with one attached hydrogen (secondary N) is 1. The van der Waals surface area contributed by atoms with Crippen LogP contribution in [0.2, 0.25) is 0 Å². The summed E-state index contributed by atoms with van der Waals surface area (Å²) in [6, 6.07) is 21.3.